The van der Waals surface area contributed by atoms with Crippen LogP contribution in [0.15, 0.2) is 60.7 Å². The summed E-state index contributed by atoms with van der Waals surface area (Å²) in [5.41, 5.74) is 6.03. The molecule has 0 fully saturated rings. The molecule has 0 aliphatic heterocycles. The number of non-ortho nitro benzene ring substituents is 1. The second-order valence-electron chi connectivity index (χ2n) is 5.23. The van der Waals surface area contributed by atoms with Gasteiger partial charge < -0.3 is 10.5 Å². The summed E-state index contributed by atoms with van der Waals surface area (Å²) in [5.74, 6) is -0.548. The Hall–Kier alpha value is -3.41. The lowest BCUT2D eigenvalue weighted by atomic mass is 10.1. The smallest absolute Gasteiger partial charge is 0.270 e. The van der Waals surface area contributed by atoms with Crippen LogP contribution in [0.4, 0.5) is 5.69 Å². The number of rotatable bonds is 5. The van der Waals surface area contributed by atoms with E-state index in [1.807, 2.05) is 42.5 Å². The molecule has 120 valence electrons. The largest absolute Gasteiger partial charge is 0.488 e. The Balaban J connectivity index is 1.91. The zero-order valence-electron chi connectivity index (χ0n) is 12.6. The monoisotopic (exact) mass is 322 g/mol. The van der Waals surface area contributed by atoms with Gasteiger partial charge in [-0.1, -0.05) is 42.5 Å². The molecule has 0 aromatic heterocycles. The Morgan fingerprint density at radius 3 is 2.58 bits per heavy atom. The third kappa shape index (κ3) is 3.03. The fraction of sp³-hybridized carbons (Fsp3) is 0.0556. The molecular weight excluding hydrogens is 308 g/mol. The minimum Gasteiger partial charge on any atom is -0.488 e. The normalized spacial score (nSPS) is 10.5. The van der Waals surface area contributed by atoms with Crippen LogP contribution in [0.2, 0.25) is 0 Å². The topological polar surface area (TPSA) is 95.5 Å². The van der Waals surface area contributed by atoms with E-state index in [-0.39, 0.29) is 23.6 Å². The van der Waals surface area contributed by atoms with Crippen LogP contribution in [0.1, 0.15) is 15.9 Å². The van der Waals surface area contributed by atoms with Crippen LogP contribution in [0.5, 0.6) is 5.75 Å². The second-order valence-corrected chi connectivity index (χ2v) is 5.23. The summed E-state index contributed by atoms with van der Waals surface area (Å²) in [5, 5.41) is 13.0. The van der Waals surface area contributed by atoms with Crippen LogP contribution in [0.3, 0.4) is 0 Å². The minimum absolute atomic E-state index is 0.00978. The number of fused-ring (bicyclic) bond motifs is 1. The number of primary amides is 1. The van der Waals surface area contributed by atoms with Crippen LogP contribution in [0.25, 0.3) is 10.8 Å². The van der Waals surface area contributed by atoms with Crippen molar-refractivity contribution < 1.29 is 14.5 Å². The first-order valence-electron chi connectivity index (χ1n) is 7.24. The van der Waals surface area contributed by atoms with Crippen LogP contribution in [0, 0.1) is 10.1 Å². The van der Waals surface area contributed by atoms with Gasteiger partial charge in [0.15, 0.2) is 0 Å². The van der Waals surface area contributed by atoms with Crippen molar-refractivity contribution in [2.45, 2.75) is 6.61 Å². The Morgan fingerprint density at radius 1 is 1.08 bits per heavy atom. The molecule has 0 saturated carbocycles. The highest BCUT2D eigenvalue weighted by Gasteiger charge is 2.16. The van der Waals surface area contributed by atoms with Gasteiger partial charge in [0, 0.05) is 12.1 Å². The molecule has 0 bridgehead atoms. The van der Waals surface area contributed by atoms with E-state index in [1.54, 1.807) is 0 Å². The predicted octanol–water partition coefficient (Wildman–Crippen LogP) is 3.43. The average Bonchev–Trinajstić information content (AvgIpc) is 2.59. The van der Waals surface area contributed by atoms with Crippen LogP contribution >= 0.6 is 0 Å². The molecule has 0 saturated heterocycles. The van der Waals surface area contributed by atoms with Crippen molar-refractivity contribution in [1.29, 1.82) is 0 Å². The van der Waals surface area contributed by atoms with Crippen LogP contribution in [-0.4, -0.2) is 10.8 Å². The first-order chi connectivity index (χ1) is 11.6. The van der Waals surface area contributed by atoms with Gasteiger partial charge in [-0.3, -0.25) is 14.9 Å². The lowest BCUT2D eigenvalue weighted by Crippen LogP contribution is -2.13. The lowest BCUT2D eigenvalue weighted by molar-refractivity contribution is -0.384. The number of ether oxygens (including phenoxy) is 1. The van der Waals surface area contributed by atoms with E-state index in [9.17, 15) is 14.9 Å². The number of nitro benzene ring substituents is 1. The number of nitrogens with two attached hydrogens (primary N) is 1. The van der Waals surface area contributed by atoms with E-state index in [4.69, 9.17) is 10.5 Å². The molecule has 0 unspecified atom stereocenters. The standard InChI is InChI=1S/C18H14N2O4/c19-18(21)16-10-14(20(22)23)8-9-17(16)24-11-13-6-3-5-12-4-1-2-7-15(12)13/h1-10H,11H2,(H2,19,21). The number of nitro groups is 1. The maximum atomic E-state index is 11.5. The lowest BCUT2D eigenvalue weighted by Gasteiger charge is -2.11. The third-order valence-corrected chi connectivity index (χ3v) is 3.70. The summed E-state index contributed by atoms with van der Waals surface area (Å²) in [6.45, 7) is 0.222. The Kier molecular flexibility index (Phi) is 4.11. The van der Waals surface area contributed by atoms with Crippen molar-refractivity contribution >= 4 is 22.4 Å². The molecule has 0 spiro atoms. The van der Waals surface area contributed by atoms with Gasteiger partial charge in [0.1, 0.15) is 12.4 Å². The van der Waals surface area contributed by atoms with Gasteiger partial charge in [0.2, 0.25) is 0 Å². The van der Waals surface area contributed by atoms with Gasteiger partial charge in [-0.2, -0.15) is 0 Å². The molecule has 0 heterocycles. The molecule has 3 rings (SSSR count). The van der Waals surface area contributed by atoms with Crippen LogP contribution in [-0.2, 0) is 6.61 Å². The molecule has 3 aromatic carbocycles. The minimum atomic E-state index is -0.772. The molecule has 0 aliphatic rings. The molecule has 24 heavy (non-hydrogen) atoms. The highest BCUT2D eigenvalue weighted by Crippen LogP contribution is 2.26. The number of carbonyl (C=O) groups is 1. The first kappa shape index (κ1) is 15.5. The second kappa shape index (κ2) is 6.37. The number of carbonyl (C=O) groups excluding carboxylic acids is 1. The van der Waals surface area contributed by atoms with Gasteiger partial charge >= 0.3 is 0 Å². The highest BCUT2D eigenvalue weighted by atomic mass is 16.6. The fourth-order valence-electron chi connectivity index (χ4n) is 2.52. The van der Waals surface area contributed by atoms with Gasteiger partial charge in [-0.05, 0) is 22.4 Å². The molecule has 0 radical (unpaired) electrons. The maximum Gasteiger partial charge on any atom is 0.270 e. The Morgan fingerprint density at radius 2 is 1.83 bits per heavy atom. The number of nitrogens with zero attached hydrogens (tertiary/aromatic N) is 1. The summed E-state index contributed by atoms with van der Waals surface area (Å²) in [4.78, 5) is 21.8. The van der Waals surface area contributed by atoms with Crippen molar-refractivity contribution in [1.82, 2.24) is 0 Å². The van der Waals surface area contributed by atoms with E-state index in [2.05, 4.69) is 0 Å². The van der Waals surface area contributed by atoms with Crippen molar-refractivity contribution in [2.75, 3.05) is 0 Å². The number of hydrogen-bond acceptors (Lipinski definition) is 4. The van der Waals surface area contributed by atoms with Gasteiger partial charge in [-0.15, -0.1) is 0 Å². The van der Waals surface area contributed by atoms with Gasteiger partial charge in [0.05, 0.1) is 10.5 Å². The number of amides is 1. The summed E-state index contributed by atoms with van der Waals surface area (Å²) >= 11 is 0. The molecule has 1 amide bonds. The zero-order valence-corrected chi connectivity index (χ0v) is 12.6. The SMILES string of the molecule is NC(=O)c1cc([N+](=O)[O-])ccc1OCc1cccc2ccccc12. The summed E-state index contributed by atoms with van der Waals surface area (Å²) < 4.78 is 5.70. The van der Waals surface area contributed by atoms with Crippen molar-refractivity contribution in [3.05, 3.63) is 81.9 Å². The summed E-state index contributed by atoms with van der Waals surface area (Å²) in [7, 11) is 0. The van der Waals surface area contributed by atoms with Crippen molar-refractivity contribution in [2.24, 2.45) is 5.73 Å². The van der Waals surface area contributed by atoms with E-state index >= 15 is 0 Å². The van der Waals surface area contributed by atoms with Crippen LogP contribution < -0.4 is 10.5 Å². The van der Waals surface area contributed by atoms with E-state index < -0.39 is 10.8 Å². The molecular formula is C18H14N2O4. The molecule has 3 aromatic rings. The van der Waals surface area contributed by atoms with E-state index in [1.165, 1.54) is 12.1 Å². The summed E-state index contributed by atoms with van der Waals surface area (Å²) in [6.07, 6.45) is 0. The molecule has 6 nitrogen and oxygen atoms in total. The third-order valence-electron chi connectivity index (χ3n) is 3.70. The summed E-state index contributed by atoms with van der Waals surface area (Å²) in [6, 6.07) is 17.5. The maximum absolute atomic E-state index is 11.5. The predicted molar refractivity (Wildman–Crippen MR) is 89.9 cm³/mol. The van der Waals surface area contributed by atoms with E-state index in [0.29, 0.717) is 0 Å². The average molecular weight is 322 g/mol. The van der Waals surface area contributed by atoms with Gasteiger partial charge in [-0.25, -0.2) is 0 Å². The molecule has 0 atom stereocenters. The zero-order chi connectivity index (χ0) is 17.1. The van der Waals surface area contributed by atoms with Crippen molar-refractivity contribution in [3.8, 4) is 5.75 Å². The quantitative estimate of drug-likeness (QED) is 0.575. The van der Waals surface area contributed by atoms with Gasteiger partial charge in [0.25, 0.3) is 11.6 Å². The highest BCUT2D eigenvalue weighted by molar-refractivity contribution is 5.96. The van der Waals surface area contributed by atoms with Crippen molar-refractivity contribution in [3.63, 3.8) is 0 Å². The fourth-order valence-corrected chi connectivity index (χ4v) is 2.52. The number of benzene rings is 3. The first-order valence-corrected chi connectivity index (χ1v) is 7.24. The molecule has 6 heteroatoms. The Bertz CT molecular complexity index is 932. The van der Waals surface area contributed by atoms with E-state index in [0.717, 1.165) is 22.4 Å². The molecule has 2 N–H and O–H groups in total. The number of hydrogen-bond donors (Lipinski definition) is 1. The molecule has 0 aliphatic carbocycles. The Labute approximate surface area is 137 Å².